The smallest absolute Gasteiger partial charge is 0.335 e. The maximum atomic E-state index is 11.4. The van der Waals surface area contributed by atoms with E-state index in [1.54, 1.807) is 18.2 Å². The number of aromatic nitrogens is 4. The quantitative estimate of drug-likeness (QED) is 0.435. The van der Waals surface area contributed by atoms with Crippen molar-refractivity contribution in [3.05, 3.63) is 48.3 Å². The van der Waals surface area contributed by atoms with Crippen molar-refractivity contribution < 1.29 is 14.3 Å². The van der Waals surface area contributed by atoms with Crippen molar-refractivity contribution in [1.29, 1.82) is 0 Å². The minimum atomic E-state index is -1.01. The third-order valence-corrected chi connectivity index (χ3v) is 4.46. The molecule has 5 aromatic rings. The minimum Gasteiger partial charge on any atom is -0.478 e. The van der Waals surface area contributed by atoms with Gasteiger partial charge >= 0.3 is 5.97 Å². The number of carboxylic acids is 1. The molecule has 0 unspecified atom stereocenters. The number of fused-ring (bicyclic) bond motifs is 4. The number of hydrogen-bond donors (Lipinski definition) is 3. The van der Waals surface area contributed by atoms with E-state index in [2.05, 4.69) is 15.0 Å². The Balaban J connectivity index is 1.92. The van der Waals surface area contributed by atoms with Gasteiger partial charge in [0.1, 0.15) is 22.9 Å². The molecule has 0 saturated carbocycles. The standard InChI is InChI=1S/C18H12N6O3/c19-16-15-14(21-7-22-16)10-5-8(17(25)26)1-3-12(10)24(15)9-2-4-13-11(6-9)23-18(20)27-13/h1-7H,(H2,20,23)(H,25,26)(H2,19,21,22). The van der Waals surface area contributed by atoms with Crippen LogP contribution in [0.1, 0.15) is 10.4 Å². The molecule has 0 radical (unpaired) electrons. The van der Waals surface area contributed by atoms with Gasteiger partial charge in [0.05, 0.1) is 11.1 Å². The molecule has 3 aromatic heterocycles. The average molecular weight is 360 g/mol. The van der Waals surface area contributed by atoms with E-state index >= 15 is 0 Å². The third-order valence-electron chi connectivity index (χ3n) is 4.46. The van der Waals surface area contributed by atoms with E-state index in [1.807, 2.05) is 16.7 Å². The molecule has 2 aromatic carbocycles. The van der Waals surface area contributed by atoms with E-state index in [-0.39, 0.29) is 17.4 Å². The summed E-state index contributed by atoms with van der Waals surface area (Å²) < 4.78 is 7.19. The first-order valence-electron chi connectivity index (χ1n) is 7.97. The zero-order chi connectivity index (χ0) is 18.7. The van der Waals surface area contributed by atoms with E-state index < -0.39 is 5.97 Å². The Morgan fingerprint density at radius 2 is 1.96 bits per heavy atom. The van der Waals surface area contributed by atoms with Gasteiger partial charge in [0.2, 0.25) is 0 Å². The van der Waals surface area contributed by atoms with Gasteiger partial charge in [-0.1, -0.05) is 0 Å². The monoisotopic (exact) mass is 360 g/mol. The molecular weight excluding hydrogens is 348 g/mol. The summed E-state index contributed by atoms with van der Waals surface area (Å²) in [5.41, 5.74) is 15.7. The lowest BCUT2D eigenvalue weighted by Gasteiger charge is -2.08. The highest BCUT2D eigenvalue weighted by Gasteiger charge is 2.18. The lowest BCUT2D eigenvalue weighted by Crippen LogP contribution is -1.99. The van der Waals surface area contributed by atoms with Crippen molar-refractivity contribution in [3.8, 4) is 5.69 Å². The van der Waals surface area contributed by atoms with Crippen LogP contribution in [0.25, 0.3) is 38.7 Å². The molecule has 0 saturated heterocycles. The van der Waals surface area contributed by atoms with Gasteiger partial charge in [-0.15, -0.1) is 0 Å². The zero-order valence-electron chi connectivity index (χ0n) is 13.7. The highest BCUT2D eigenvalue weighted by molar-refractivity contribution is 6.11. The van der Waals surface area contributed by atoms with Gasteiger partial charge in [0.25, 0.3) is 6.01 Å². The van der Waals surface area contributed by atoms with Gasteiger partial charge in [-0.05, 0) is 36.4 Å². The molecule has 5 rings (SSSR count). The lowest BCUT2D eigenvalue weighted by atomic mass is 10.1. The molecular formula is C18H12N6O3. The van der Waals surface area contributed by atoms with Crippen molar-refractivity contribution in [2.75, 3.05) is 11.5 Å². The van der Waals surface area contributed by atoms with E-state index in [0.717, 1.165) is 11.2 Å². The van der Waals surface area contributed by atoms with Gasteiger partial charge in [0.15, 0.2) is 11.4 Å². The van der Waals surface area contributed by atoms with Gasteiger partial charge < -0.3 is 25.6 Å². The fraction of sp³-hybridized carbons (Fsp3) is 0. The highest BCUT2D eigenvalue weighted by atomic mass is 16.4. The second-order valence-electron chi connectivity index (χ2n) is 6.03. The van der Waals surface area contributed by atoms with Crippen molar-refractivity contribution >= 4 is 50.8 Å². The van der Waals surface area contributed by atoms with Crippen LogP contribution in [0.4, 0.5) is 11.8 Å². The number of oxazole rings is 1. The summed E-state index contributed by atoms with van der Waals surface area (Å²) in [5.74, 6) is -0.729. The largest absolute Gasteiger partial charge is 0.478 e. The van der Waals surface area contributed by atoms with Crippen LogP contribution in [0.2, 0.25) is 0 Å². The Labute approximate surface area is 150 Å². The molecule has 9 nitrogen and oxygen atoms in total. The minimum absolute atomic E-state index is 0.0818. The van der Waals surface area contributed by atoms with Crippen molar-refractivity contribution in [2.24, 2.45) is 0 Å². The first kappa shape index (κ1) is 15.1. The number of carboxylic acid groups (broad SMARTS) is 1. The highest BCUT2D eigenvalue weighted by Crippen LogP contribution is 2.34. The summed E-state index contributed by atoms with van der Waals surface area (Å²) in [7, 11) is 0. The van der Waals surface area contributed by atoms with E-state index in [9.17, 15) is 9.90 Å². The second-order valence-corrected chi connectivity index (χ2v) is 6.03. The number of hydrogen-bond acceptors (Lipinski definition) is 7. The summed E-state index contributed by atoms with van der Waals surface area (Å²) in [4.78, 5) is 24.0. The van der Waals surface area contributed by atoms with Crippen molar-refractivity contribution in [3.63, 3.8) is 0 Å². The topological polar surface area (TPSA) is 146 Å². The second kappa shape index (κ2) is 5.18. The summed E-state index contributed by atoms with van der Waals surface area (Å²) >= 11 is 0. The molecule has 0 aliphatic carbocycles. The number of rotatable bonds is 2. The summed E-state index contributed by atoms with van der Waals surface area (Å²) in [5, 5.41) is 9.99. The molecule has 0 spiro atoms. The van der Waals surface area contributed by atoms with Gasteiger partial charge in [-0.25, -0.2) is 14.8 Å². The van der Waals surface area contributed by atoms with Gasteiger partial charge in [-0.3, -0.25) is 0 Å². The number of anilines is 2. The van der Waals surface area contributed by atoms with Gasteiger partial charge in [-0.2, -0.15) is 4.98 Å². The SMILES string of the molecule is Nc1nc2cc(-n3c4ccc(C(=O)O)cc4c4ncnc(N)c43)ccc2o1. The molecule has 0 bridgehead atoms. The lowest BCUT2D eigenvalue weighted by molar-refractivity contribution is 0.0697. The van der Waals surface area contributed by atoms with E-state index in [0.29, 0.717) is 27.5 Å². The van der Waals surface area contributed by atoms with Crippen molar-refractivity contribution in [1.82, 2.24) is 19.5 Å². The number of carbonyl (C=O) groups is 1. The predicted octanol–water partition coefficient (Wildman–Crippen LogP) is 2.58. The number of nitrogens with two attached hydrogens (primary N) is 2. The average Bonchev–Trinajstić information content (AvgIpc) is 3.18. The van der Waals surface area contributed by atoms with Crippen LogP contribution in [0, 0.1) is 0 Å². The fourth-order valence-corrected chi connectivity index (χ4v) is 3.33. The van der Waals surface area contributed by atoms with Crippen LogP contribution in [-0.2, 0) is 0 Å². The Hall–Kier alpha value is -4.14. The van der Waals surface area contributed by atoms with Crippen LogP contribution in [-0.4, -0.2) is 30.6 Å². The first-order valence-corrected chi connectivity index (χ1v) is 7.97. The maximum absolute atomic E-state index is 11.4. The summed E-state index contributed by atoms with van der Waals surface area (Å²) in [6.45, 7) is 0. The Morgan fingerprint density at radius 3 is 2.78 bits per heavy atom. The van der Waals surface area contributed by atoms with Crippen LogP contribution in [0.15, 0.2) is 47.1 Å². The molecule has 0 amide bonds. The Bertz CT molecular complexity index is 1380. The molecule has 5 N–H and O–H groups in total. The molecule has 0 aliphatic rings. The Kier molecular flexibility index (Phi) is 2.90. The van der Waals surface area contributed by atoms with Crippen LogP contribution in [0.3, 0.4) is 0 Å². The molecule has 9 heteroatoms. The fourth-order valence-electron chi connectivity index (χ4n) is 3.33. The normalized spacial score (nSPS) is 11.6. The molecule has 27 heavy (non-hydrogen) atoms. The number of benzene rings is 2. The molecule has 0 fully saturated rings. The maximum Gasteiger partial charge on any atom is 0.335 e. The van der Waals surface area contributed by atoms with Crippen LogP contribution < -0.4 is 11.5 Å². The predicted molar refractivity (Wildman–Crippen MR) is 99.7 cm³/mol. The first-order chi connectivity index (χ1) is 13.0. The summed E-state index contributed by atoms with van der Waals surface area (Å²) in [6.07, 6.45) is 1.36. The Morgan fingerprint density at radius 1 is 1.11 bits per heavy atom. The third kappa shape index (κ3) is 2.11. The number of nitrogens with zero attached hydrogens (tertiary/aromatic N) is 4. The molecule has 0 atom stereocenters. The van der Waals surface area contributed by atoms with Crippen molar-refractivity contribution in [2.45, 2.75) is 0 Å². The van der Waals surface area contributed by atoms with E-state index in [1.165, 1.54) is 12.4 Å². The van der Waals surface area contributed by atoms with Crippen LogP contribution in [0.5, 0.6) is 0 Å². The molecule has 132 valence electrons. The number of nitrogen functional groups attached to an aromatic ring is 2. The summed E-state index contributed by atoms with van der Waals surface area (Å²) in [6, 6.07) is 10.3. The molecule has 0 aliphatic heterocycles. The van der Waals surface area contributed by atoms with E-state index in [4.69, 9.17) is 15.9 Å². The zero-order valence-corrected chi connectivity index (χ0v) is 13.7. The van der Waals surface area contributed by atoms with Gasteiger partial charge in [0, 0.05) is 11.1 Å². The number of aromatic carboxylic acids is 1. The van der Waals surface area contributed by atoms with Crippen LogP contribution >= 0.6 is 0 Å². The molecule has 3 heterocycles.